The Morgan fingerprint density at radius 2 is 2.05 bits per heavy atom. The fraction of sp³-hybridized carbons (Fsp3) is 0.267. The number of aromatic nitrogens is 1. The fourth-order valence-corrected chi connectivity index (χ4v) is 2.45. The Morgan fingerprint density at radius 1 is 1.25 bits per heavy atom. The van der Waals surface area contributed by atoms with Gasteiger partial charge in [0.05, 0.1) is 22.4 Å². The molecule has 1 atom stereocenters. The second-order valence-electron chi connectivity index (χ2n) is 4.46. The minimum absolute atomic E-state index is 0.0297. The molecule has 0 saturated carbocycles. The number of halogens is 3. The summed E-state index contributed by atoms with van der Waals surface area (Å²) in [6, 6.07) is 7.96. The van der Waals surface area contributed by atoms with Crippen molar-refractivity contribution in [3.63, 3.8) is 0 Å². The molecular weight excluding hydrogens is 326 g/mol. The highest BCUT2D eigenvalue weighted by atomic mass is 79.9. The molecule has 0 aliphatic heterocycles. The Bertz CT molecular complexity index is 573. The maximum atomic E-state index is 13.2. The summed E-state index contributed by atoms with van der Waals surface area (Å²) >= 11 is 3.18. The number of rotatable bonds is 5. The first-order valence-electron chi connectivity index (χ1n) is 6.39. The van der Waals surface area contributed by atoms with Crippen LogP contribution < -0.4 is 5.32 Å². The molecule has 2 aromatic rings. The maximum Gasteiger partial charge on any atom is 0.141 e. The van der Waals surface area contributed by atoms with Crippen molar-refractivity contribution in [3.8, 4) is 0 Å². The van der Waals surface area contributed by atoms with Gasteiger partial charge in [-0.05, 0) is 58.7 Å². The molecule has 2 rings (SSSR count). The second kappa shape index (κ2) is 6.90. The van der Waals surface area contributed by atoms with E-state index >= 15 is 0 Å². The molecule has 5 heteroatoms. The van der Waals surface area contributed by atoms with Crippen LogP contribution >= 0.6 is 15.9 Å². The number of likely N-dealkylation sites (N-methyl/N-ethyl adjacent to an activating group) is 1. The Morgan fingerprint density at radius 3 is 2.65 bits per heavy atom. The first-order chi connectivity index (χ1) is 9.60. The molecule has 0 spiro atoms. The standard InChI is InChI=1S/C15H15BrF2N2/c1-2-19-15(14-6-4-11(17)9-20-14)8-10-3-5-13(18)12(16)7-10/h3-7,9,15,19H,2,8H2,1H3. The van der Waals surface area contributed by atoms with E-state index in [0.29, 0.717) is 10.9 Å². The van der Waals surface area contributed by atoms with Gasteiger partial charge in [0.1, 0.15) is 11.6 Å². The van der Waals surface area contributed by atoms with Crippen LogP contribution in [0.25, 0.3) is 0 Å². The van der Waals surface area contributed by atoms with E-state index in [9.17, 15) is 8.78 Å². The minimum Gasteiger partial charge on any atom is -0.309 e. The number of hydrogen-bond donors (Lipinski definition) is 1. The molecule has 1 N–H and O–H groups in total. The maximum absolute atomic E-state index is 13.2. The third kappa shape index (κ3) is 3.84. The lowest BCUT2D eigenvalue weighted by molar-refractivity contribution is 0.530. The molecule has 2 nitrogen and oxygen atoms in total. The van der Waals surface area contributed by atoms with E-state index in [1.165, 1.54) is 18.3 Å². The predicted octanol–water partition coefficient (Wildman–Crippen LogP) is 4.02. The summed E-state index contributed by atoms with van der Waals surface area (Å²) < 4.78 is 26.6. The molecule has 0 aliphatic carbocycles. The monoisotopic (exact) mass is 340 g/mol. The number of nitrogens with zero attached hydrogens (tertiary/aromatic N) is 1. The zero-order valence-corrected chi connectivity index (χ0v) is 12.6. The van der Waals surface area contributed by atoms with Crippen LogP contribution in [0.4, 0.5) is 8.78 Å². The molecule has 0 radical (unpaired) electrons. The van der Waals surface area contributed by atoms with Gasteiger partial charge in [-0.25, -0.2) is 8.78 Å². The summed E-state index contributed by atoms with van der Waals surface area (Å²) in [5.41, 5.74) is 1.75. The van der Waals surface area contributed by atoms with Gasteiger partial charge in [0.25, 0.3) is 0 Å². The van der Waals surface area contributed by atoms with Crippen molar-refractivity contribution in [2.45, 2.75) is 19.4 Å². The Hall–Kier alpha value is -1.33. The smallest absolute Gasteiger partial charge is 0.141 e. The average molecular weight is 341 g/mol. The highest BCUT2D eigenvalue weighted by molar-refractivity contribution is 9.10. The number of pyridine rings is 1. The van der Waals surface area contributed by atoms with E-state index in [0.717, 1.165) is 17.8 Å². The van der Waals surface area contributed by atoms with Crippen LogP contribution in [-0.4, -0.2) is 11.5 Å². The first kappa shape index (κ1) is 15.1. The van der Waals surface area contributed by atoms with E-state index in [4.69, 9.17) is 0 Å². The van der Waals surface area contributed by atoms with Gasteiger partial charge in [0, 0.05) is 0 Å². The van der Waals surface area contributed by atoms with E-state index in [1.54, 1.807) is 18.2 Å². The largest absolute Gasteiger partial charge is 0.309 e. The highest BCUT2D eigenvalue weighted by Crippen LogP contribution is 2.21. The molecule has 1 aromatic carbocycles. The third-order valence-corrected chi connectivity index (χ3v) is 3.59. The van der Waals surface area contributed by atoms with Crippen molar-refractivity contribution < 1.29 is 8.78 Å². The van der Waals surface area contributed by atoms with E-state index in [-0.39, 0.29) is 17.7 Å². The second-order valence-corrected chi connectivity index (χ2v) is 5.32. The summed E-state index contributed by atoms with van der Waals surface area (Å²) in [6.07, 6.45) is 1.87. The van der Waals surface area contributed by atoms with Gasteiger partial charge in [-0.2, -0.15) is 0 Å². The molecule has 0 fully saturated rings. The van der Waals surface area contributed by atoms with Crippen LogP contribution in [0, 0.1) is 11.6 Å². The molecule has 0 bridgehead atoms. The van der Waals surface area contributed by atoms with Crippen molar-refractivity contribution >= 4 is 15.9 Å². The molecule has 1 unspecified atom stereocenters. The van der Waals surface area contributed by atoms with Crippen molar-refractivity contribution in [1.82, 2.24) is 10.3 Å². The Kier molecular flexibility index (Phi) is 5.20. The molecule has 0 saturated heterocycles. The normalized spacial score (nSPS) is 12.4. The molecule has 0 amide bonds. The number of hydrogen-bond acceptors (Lipinski definition) is 2. The lowest BCUT2D eigenvalue weighted by atomic mass is 10.0. The summed E-state index contributed by atoms with van der Waals surface area (Å²) in [4.78, 5) is 4.11. The van der Waals surface area contributed by atoms with Crippen LogP contribution in [0.2, 0.25) is 0 Å². The van der Waals surface area contributed by atoms with Crippen molar-refractivity contribution in [2.75, 3.05) is 6.54 Å². The van der Waals surface area contributed by atoms with Gasteiger partial charge in [0.2, 0.25) is 0 Å². The first-order valence-corrected chi connectivity index (χ1v) is 7.18. The quantitative estimate of drug-likeness (QED) is 0.889. The molecular formula is C15H15BrF2N2. The lowest BCUT2D eigenvalue weighted by Crippen LogP contribution is -2.24. The Balaban J connectivity index is 2.20. The average Bonchev–Trinajstić information content (AvgIpc) is 2.43. The van der Waals surface area contributed by atoms with Crippen LogP contribution in [0.1, 0.15) is 24.2 Å². The van der Waals surface area contributed by atoms with Gasteiger partial charge in [-0.15, -0.1) is 0 Å². The predicted molar refractivity (Wildman–Crippen MR) is 78.4 cm³/mol. The van der Waals surface area contributed by atoms with E-state index < -0.39 is 0 Å². The summed E-state index contributed by atoms with van der Waals surface area (Å²) in [5.74, 6) is -0.637. The van der Waals surface area contributed by atoms with Gasteiger partial charge in [0.15, 0.2) is 0 Å². The van der Waals surface area contributed by atoms with Gasteiger partial charge in [-0.3, -0.25) is 4.98 Å². The fourth-order valence-electron chi connectivity index (χ4n) is 2.02. The number of benzene rings is 1. The van der Waals surface area contributed by atoms with Crippen molar-refractivity contribution in [3.05, 3.63) is 63.9 Å². The number of nitrogens with one attached hydrogen (secondary N) is 1. The van der Waals surface area contributed by atoms with Crippen molar-refractivity contribution in [2.24, 2.45) is 0 Å². The molecule has 1 heterocycles. The topological polar surface area (TPSA) is 24.9 Å². The SMILES string of the molecule is CCNC(Cc1ccc(F)c(Br)c1)c1ccc(F)cn1. The van der Waals surface area contributed by atoms with Gasteiger partial charge < -0.3 is 5.32 Å². The summed E-state index contributed by atoms with van der Waals surface area (Å²) in [5, 5.41) is 3.31. The molecule has 0 aliphatic rings. The zero-order chi connectivity index (χ0) is 14.5. The van der Waals surface area contributed by atoms with Crippen LogP contribution in [0.5, 0.6) is 0 Å². The van der Waals surface area contributed by atoms with Crippen LogP contribution in [0.3, 0.4) is 0 Å². The molecule has 20 heavy (non-hydrogen) atoms. The van der Waals surface area contributed by atoms with E-state index in [2.05, 4.69) is 26.2 Å². The van der Waals surface area contributed by atoms with Crippen LogP contribution in [0.15, 0.2) is 41.0 Å². The Labute approximate surface area is 125 Å². The molecule has 1 aromatic heterocycles. The van der Waals surface area contributed by atoms with Crippen molar-refractivity contribution in [1.29, 1.82) is 0 Å². The highest BCUT2D eigenvalue weighted by Gasteiger charge is 2.13. The van der Waals surface area contributed by atoms with Gasteiger partial charge in [-0.1, -0.05) is 13.0 Å². The lowest BCUT2D eigenvalue weighted by Gasteiger charge is -2.17. The summed E-state index contributed by atoms with van der Waals surface area (Å²) in [6.45, 7) is 2.77. The molecule has 106 valence electrons. The summed E-state index contributed by atoms with van der Waals surface area (Å²) in [7, 11) is 0. The minimum atomic E-state index is -0.353. The van der Waals surface area contributed by atoms with Crippen LogP contribution in [-0.2, 0) is 6.42 Å². The third-order valence-electron chi connectivity index (χ3n) is 2.98. The van der Waals surface area contributed by atoms with Gasteiger partial charge >= 0.3 is 0 Å². The van der Waals surface area contributed by atoms with E-state index in [1.807, 2.05) is 6.92 Å². The zero-order valence-electron chi connectivity index (χ0n) is 11.0.